The van der Waals surface area contributed by atoms with Crippen LogP contribution in [-0.4, -0.2) is 24.5 Å². The molecule has 0 unspecified atom stereocenters. The number of rotatable bonds is 4. The van der Waals surface area contributed by atoms with Crippen LogP contribution in [0.5, 0.6) is 5.75 Å². The van der Waals surface area contributed by atoms with Crippen molar-refractivity contribution >= 4 is 16.7 Å². The molecule has 0 saturated heterocycles. The third kappa shape index (κ3) is 2.65. The number of aromatic nitrogens is 1. The monoisotopic (exact) mass is 258 g/mol. The average molecular weight is 258 g/mol. The van der Waals surface area contributed by atoms with Crippen LogP contribution in [0.25, 0.3) is 10.8 Å². The maximum Gasteiger partial charge on any atom is 0.268 e. The van der Waals surface area contributed by atoms with E-state index in [0.29, 0.717) is 23.1 Å². The van der Waals surface area contributed by atoms with Gasteiger partial charge < -0.3 is 15.0 Å². The normalized spacial score (nSPS) is 10.2. The lowest BCUT2D eigenvalue weighted by Crippen LogP contribution is -2.26. The molecule has 0 saturated carbocycles. The second-order valence-electron chi connectivity index (χ2n) is 3.96. The minimum absolute atomic E-state index is 0.215. The van der Waals surface area contributed by atoms with E-state index in [-0.39, 0.29) is 17.2 Å². The first-order valence-electron chi connectivity index (χ1n) is 5.76. The van der Waals surface area contributed by atoms with Crippen LogP contribution < -0.4 is 15.6 Å². The molecule has 0 fully saturated rings. The highest BCUT2D eigenvalue weighted by Gasteiger charge is 2.09. The molecule has 0 atom stereocenters. The Morgan fingerprint density at radius 1 is 1.47 bits per heavy atom. The van der Waals surface area contributed by atoms with Gasteiger partial charge in [0.15, 0.2) is 0 Å². The van der Waals surface area contributed by atoms with Gasteiger partial charge in [-0.25, -0.2) is 0 Å². The molecule has 2 aromatic rings. The average Bonchev–Trinajstić information content (AvgIpc) is 2.43. The van der Waals surface area contributed by atoms with E-state index in [0.717, 1.165) is 0 Å². The minimum atomic E-state index is -0.346. The number of nitrogens with one attached hydrogen (secondary N) is 2. The van der Waals surface area contributed by atoms with Gasteiger partial charge in [0.05, 0.1) is 7.11 Å². The Morgan fingerprint density at radius 3 is 2.95 bits per heavy atom. The van der Waals surface area contributed by atoms with Crippen LogP contribution in [0.15, 0.2) is 41.7 Å². The fourth-order valence-electron chi connectivity index (χ4n) is 1.76. The lowest BCUT2D eigenvalue weighted by molar-refractivity contribution is 0.0953. The number of carbonyl (C=O) groups excluding carboxylic acids is 1. The summed E-state index contributed by atoms with van der Waals surface area (Å²) < 4.78 is 5.10. The molecule has 0 aliphatic heterocycles. The van der Waals surface area contributed by atoms with Gasteiger partial charge in [-0.1, -0.05) is 6.08 Å². The lowest BCUT2D eigenvalue weighted by Gasteiger charge is -2.05. The highest BCUT2D eigenvalue weighted by molar-refractivity contribution is 5.96. The van der Waals surface area contributed by atoms with E-state index in [1.165, 1.54) is 0 Å². The number of ether oxygens (including phenoxy) is 1. The summed E-state index contributed by atoms with van der Waals surface area (Å²) in [7, 11) is 1.55. The highest BCUT2D eigenvalue weighted by atomic mass is 16.5. The number of hydrogen-bond donors (Lipinski definition) is 2. The van der Waals surface area contributed by atoms with Crippen LogP contribution in [0.1, 0.15) is 10.5 Å². The van der Waals surface area contributed by atoms with Crippen molar-refractivity contribution in [1.82, 2.24) is 10.3 Å². The number of carbonyl (C=O) groups is 1. The van der Waals surface area contributed by atoms with Gasteiger partial charge in [0.2, 0.25) is 0 Å². The van der Waals surface area contributed by atoms with Crippen molar-refractivity contribution in [3.8, 4) is 5.75 Å². The van der Waals surface area contributed by atoms with Gasteiger partial charge in [-0.3, -0.25) is 9.59 Å². The van der Waals surface area contributed by atoms with Crippen LogP contribution in [0.4, 0.5) is 0 Å². The topological polar surface area (TPSA) is 71.2 Å². The summed E-state index contributed by atoms with van der Waals surface area (Å²) in [6, 6.07) is 6.71. The quantitative estimate of drug-likeness (QED) is 0.815. The number of H-pyrrole nitrogens is 1. The second-order valence-corrected chi connectivity index (χ2v) is 3.96. The molecule has 1 aromatic carbocycles. The molecule has 0 radical (unpaired) electrons. The first-order valence-corrected chi connectivity index (χ1v) is 5.76. The van der Waals surface area contributed by atoms with Crippen molar-refractivity contribution in [3.05, 3.63) is 53.0 Å². The highest BCUT2D eigenvalue weighted by Crippen LogP contribution is 2.18. The molecule has 0 aliphatic carbocycles. The number of benzene rings is 1. The van der Waals surface area contributed by atoms with E-state index >= 15 is 0 Å². The van der Waals surface area contributed by atoms with Crippen molar-refractivity contribution in [3.63, 3.8) is 0 Å². The molecule has 0 spiro atoms. The summed E-state index contributed by atoms with van der Waals surface area (Å²) in [5, 5.41) is 3.78. The maximum absolute atomic E-state index is 11.9. The SMILES string of the molecule is C=CCNC(=O)c1cc2cc(OC)ccc2c(=O)[nH]1. The van der Waals surface area contributed by atoms with Gasteiger partial charge in [-0.05, 0) is 29.7 Å². The van der Waals surface area contributed by atoms with Crippen LogP contribution in [-0.2, 0) is 0 Å². The predicted molar refractivity (Wildman–Crippen MR) is 73.7 cm³/mol. The fraction of sp³-hybridized carbons (Fsp3) is 0.143. The van der Waals surface area contributed by atoms with Crippen molar-refractivity contribution < 1.29 is 9.53 Å². The van der Waals surface area contributed by atoms with Gasteiger partial charge >= 0.3 is 0 Å². The van der Waals surface area contributed by atoms with Gasteiger partial charge in [0, 0.05) is 11.9 Å². The zero-order valence-corrected chi connectivity index (χ0v) is 10.5. The Labute approximate surface area is 109 Å². The Kier molecular flexibility index (Phi) is 3.66. The van der Waals surface area contributed by atoms with Crippen molar-refractivity contribution in [1.29, 1.82) is 0 Å². The maximum atomic E-state index is 11.9. The number of fused-ring (bicyclic) bond motifs is 1. The first-order chi connectivity index (χ1) is 9.15. The third-order valence-electron chi connectivity index (χ3n) is 2.70. The van der Waals surface area contributed by atoms with E-state index in [1.54, 1.807) is 37.5 Å². The Morgan fingerprint density at radius 2 is 2.26 bits per heavy atom. The largest absolute Gasteiger partial charge is 0.497 e. The van der Waals surface area contributed by atoms with Crippen molar-refractivity contribution in [2.24, 2.45) is 0 Å². The number of methoxy groups -OCH3 is 1. The summed E-state index contributed by atoms with van der Waals surface area (Å²) in [4.78, 5) is 26.2. The van der Waals surface area contributed by atoms with Gasteiger partial charge in [-0.15, -0.1) is 6.58 Å². The van der Waals surface area contributed by atoms with Crippen LogP contribution in [0.2, 0.25) is 0 Å². The Bertz CT molecular complexity index is 689. The molecule has 5 nitrogen and oxygen atoms in total. The van der Waals surface area contributed by atoms with Crippen LogP contribution in [0.3, 0.4) is 0 Å². The number of amides is 1. The summed E-state index contributed by atoms with van der Waals surface area (Å²) in [6.07, 6.45) is 1.57. The molecular formula is C14H14N2O3. The summed E-state index contributed by atoms with van der Waals surface area (Å²) >= 11 is 0. The smallest absolute Gasteiger partial charge is 0.268 e. The zero-order chi connectivity index (χ0) is 13.8. The molecule has 19 heavy (non-hydrogen) atoms. The molecular weight excluding hydrogens is 244 g/mol. The molecule has 0 aliphatic rings. The number of aromatic amines is 1. The Balaban J connectivity index is 2.50. The lowest BCUT2D eigenvalue weighted by atomic mass is 10.1. The second kappa shape index (κ2) is 5.39. The molecule has 2 rings (SSSR count). The standard InChI is InChI=1S/C14H14N2O3/c1-3-6-15-14(18)12-8-9-7-10(19-2)4-5-11(9)13(17)16-12/h3-5,7-8H,1,6H2,2H3,(H,15,18)(H,16,17). The minimum Gasteiger partial charge on any atom is -0.497 e. The zero-order valence-electron chi connectivity index (χ0n) is 10.5. The molecule has 1 amide bonds. The summed E-state index contributed by atoms with van der Waals surface area (Å²) in [5.41, 5.74) is -0.0866. The van der Waals surface area contributed by atoms with Gasteiger partial charge in [0.1, 0.15) is 11.4 Å². The van der Waals surface area contributed by atoms with Crippen LogP contribution in [0, 0.1) is 0 Å². The summed E-state index contributed by atoms with van der Waals surface area (Å²) in [6.45, 7) is 3.86. The van der Waals surface area contributed by atoms with E-state index in [1.807, 2.05) is 0 Å². The van der Waals surface area contributed by atoms with E-state index in [2.05, 4.69) is 16.9 Å². The van der Waals surface area contributed by atoms with Gasteiger partial charge in [0.25, 0.3) is 11.5 Å². The Hall–Kier alpha value is -2.56. The van der Waals surface area contributed by atoms with Gasteiger partial charge in [-0.2, -0.15) is 0 Å². The van der Waals surface area contributed by atoms with Crippen molar-refractivity contribution in [2.45, 2.75) is 0 Å². The molecule has 1 aromatic heterocycles. The first kappa shape index (κ1) is 12.9. The number of pyridine rings is 1. The third-order valence-corrected chi connectivity index (χ3v) is 2.70. The van der Waals surface area contributed by atoms with E-state index in [4.69, 9.17) is 4.74 Å². The molecule has 5 heteroatoms. The predicted octanol–water partition coefficient (Wildman–Crippen LogP) is 1.45. The van der Waals surface area contributed by atoms with Crippen molar-refractivity contribution in [2.75, 3.05) is 13.7 Å². The molecule has 1 heterocycles. The van der Waals surface area contributed by atoms with Crippen LogP contribution >= 0.6 is 0 Å². The molecule has 98 valence electrons. The number of hydrogen-bond acceptors (Lipinski definition) is 3. The molecule has 0 bridgehead atoms. The van der Waals surface area contributed by atoms with E-state index in [9.17, 15) is 9.59 Å². The molecule has 2 N–H and O–H groups in total. The van der Waals surface area contributed by atoms with E-state index < -0.39 is 0 Å². The summed E-state index contributed by atoms with van der Waals surface area (Å²) in [5.74, 6) is 0.289. The fourth-order valence-corrected chi connectivity index (χ4v) is 1.76.